The zero-order valence-electron chi connectivity index (χ0n) is 13.0. The molecule has 0 aliphatic rings. The van der Waals surface area contributed by atoms with E-state index in [0.29, 0.717) is 4.31 Å². The van der Waals surface area contributed by atoms with E-state index in [4.69, 9.17) is 0 Å². The van der Waals surface area contributed by atoms with Crippen LogP contribution in [0.4, 0.5) is 20.2 Å². The summed E-state index contributed by atoms with van der Waals surface area (Å²) in [5.74, 6) is -2.03. The van der Waals surface area contributed by atoms with Gasteiger partial charge in [-0.15, -0.1) is 0 Å². The van der Waals surface area contributed by atoms with Crippen molar-refractivity contribution in [1.82, 2.24) is 0 Å². The monoisotopic (exact) mass is 354 g/mol. The standard InChI is InChI=1S/C16H16F2N2O3S/c1-11(16(21)19-13-7-5-6-12(17)10-13)20(24(2,22)23)15-9-4-3-8-14(15)18/h3-11H,1-2H3,(H,19,21). The van der Waals surface area contributed by atoms with Gasteiger partial charge < -0.3 is 5.32 Å². The molecule has 24 heavy (non-hydrogen) atoms. The molecule has 1 amide bonds. The molecule has 8 heteroatoms. The summed E-state index contributed by atoms with van der Waals surface area (Å²) in [4.78, 5) is 12.3. The van der Waals surface area contributed by atoms with E-state index in [1.54, 1.807) is 0 Å². The summed E-state index contributed by atoms with van der Waals surface area (Å²) in [5, 5.41) is 2.42. The van der Waals surface area contributed by atoms with Crippen LogP contribution >= 0.6 is 0 Å². The average molecular weight is 354 g/mol. The molecular formula is C16H16F2N2O3S. The molecule has 2 rings (SSSR count). The molecule has 2 aromatic rings. The van der Waals surface area contributed by atoms with E-state index >= 15 is 0 Å². The summed E-state index contributed by atoms with van der Waals surface area (Å²) in [6.45, 7) is 1.32. The number of amides is 1. The van der Waals surface area contributed by atoms with E-state index < -0.39 is 33.6 Å². The van der Waals surface area contributed by atoms with E-state index in [9.17, 15) is 22.0 Å². The van der Waals surface area contributed by atoms with Crippen LogP contribution in [0.5, 0.6) is 0 Å². The molecule has 0 aliphatic heterocycles. The lowest BCUT2D eigenvalue weighted by molar-refractivity contribution is -0.116. The molecule has 5 nitrogen and oxygen atoms in total. The fourth-order valence-corrected chi connectivity index (χ4v) is 3.40. The fraction of sp³-hybridized carbons (Fsp3) is 0.188. The van der Waals surface area contributed by atoms with E-state index in [-0.39, 0.29) is 11.4 Å². The molecule has 0 saturated carbocycles. The molecule has 0 radical (unpaired) electrons. The Labute approximate surface area is 139 Å². The normalized spacial score (nSPS) is 12.5. The summed E-state index contributed by atoms with van der Waals surface area (Å²) in [6.07, 6.45) is 0.880. The van der Waals surface area contributed by atoms with Crippen molar-refractivity contribution in [2.45, 2.75) is 13.0 Å². The highest BCUT2D eigenvalue weighted by Gasteiger charge is 2.30. The number of nitrogens with zero attached hydrogens (tertiary/aromatic N) is 1. The maximum Gasteiger partial charge on any atom is 0.247 e. The van der Waals surface area contributed by atoms with Gasteiger partial charge in [-0.05, 0) is 37.3 Å². The number of hydrogen-bond donors (Lipinski definition) is 1. The van der Waals surface area contributed by atoms with Crippen molar-refractivity contribution >= 4 is 27.3 Å². The van der Waals surface area contributed by atoms with Gasteiger partial charge >= 0.3 is 0 Å². The Morgan fingerprint density at radius 1 is 1.12 bits per heavy atom. The zero-order valence-corrected chi connectivity index (χ0v) is 13.8. The van der Waals surface area contributed by atoms with Crippen LogP contribution in [0.25, 0.3) is 0 Å². The average Bonchev–Trinajstić information content (AvgIpc) is 2.48. The van der Waals surface area contributed by atoms with Gasteiger partial charge in [-0.2, -0.15) is 0 Å². The Morgan fingerprint density at radius 3 is 2.38 bits per heavy atom. The predicted octanol–water partition coefficient (Wildman–Crippen LogP) is 2.76. The number of nitrogens with one attached hydrogen (secondary N) is 1. The number of benzene rings is 2. The van der Waals surface area contributed by atoms with Crippen LogP contribution in [0, 0.1) is 11.6 Å². The second-order valence-corrected chi connectivity index (χ2v) is 7.05. The molecule has 0 spiro atoms. The van der Waals surface area contributed by atoms with Gasteiger partial charge in [0, 0.05) is 5.69 Å². The molecule has 128 valence electrons. The van der Waals surface area contributed by atoms with Crippen LogP contribution < -0.4 is 9.62 Å². The number of rotatable bonds is 5. The lowest BCUT2D eigenvalue weighted by Crippen LogP contribution is -2.45. The lowest BCUT2D eigenvalue weighted by atomic mass is 10.2. The van der Waals surface area contributed by atoms with Crippen molar-refractivity contribution in [2.24, 2.45) is 0 Å². The number of carbonyl (C=O) groups excluding carboxylic acids is 1. The smallest absolute Gasteiger partial charge is 0.247 e. The van der Waals surface area contributed by atoms with E-state index in [2.05, 4.69) is 5.32 Å². The molecule has 0 bridgehead atoms. The minimum absolute atomic E-state index is 0.175. The summed E-state index contributed by atoms with van der Waals surface area (Å²) in [6, 6.07) is 9.18. The molecule has 0 saturated heterocycles. The third kappa shape index (κ3) is 4.08. The highest BCUT2D eigenvalue weighted by atomic mass is 32.2. The van der Waals surface area contributed by atoms with Crippen LogP contribution in [0.1, 0.15) is 6.92 Å². The van der Waals surface area contributed by atoms with Crippen molar-refractivity contribution in [3.05, 3.63) is 60.2 Å². The summed E-state index contributed by atoms with van der Waals surface area (Å²) < 4.78 is 52.0. The predicted molar refractivity (Wildman–Crippen MR) is 88.2 cm³/mol. The number of carbonyl (C=O) groups is 1. The van der Waals surface area contributed by atoms with Gasteiger partial charge in [0.1, 0.15) is 17.7 Å². The van der Waals surface area contributed by atoms with Gasteiger partial charge in [0.15, 0.2) is 0 Å². The van der Waals surface area contributed by atoms with Gasteiger partial charge in [0.25, 0.3) is 0 Å². The quantitative estimate of drug-likeness (QED) is 0.898. The third-order valence-corrected chi connectivity index (χ3v) is 4.50. The second kappa shape index (κ2) is 6.96. The topological polar surface area (TPSA) is 66.5 Å². The van der Waals surface area contributed by atoms with Gasteiger partial charge in [-0.3, -0.25) is 9.10 Å². The minimum Gasteiger partial charge on any atom is -0.324 e. The maximum atomic E-state index is 14.0. The van der Waals surface area contributed by atoms with E-state index in [1.807, 2.05) is 0 Å². The first-order valence-electron chi connectivity index (χ1n) is 7.00. The zero-order chi connectivity index (χ0) is 17.9. The number of sulfonamides is 1. The molecule has 1 unspecified atom stereocenters. The second-order valence-electron chi connectivity index (χ2n) is 5.19. The molecule has 2 aromatic carbocycles. The first-order valence-corrected chi connectivity index (χ1v) is 8.85. The van der Waals surface area contributed by atoms with Crippen LogP contribution in [-0.2, 0) is 14.8 Å². The molecule has 0 heterocycles. The molecule has 0 fully saturated rings. The Balaban J connectivity index is 2.33. The number of para-hydroxylation sites is 1. The first kappa shape index (κ1) is 17.9. The van der Waals surface area contributed by atoms with Crippen molar-refractivity contribution in [1.29, 1.82) is 0 Å². The summed E-state index contributed by atoms with van der Waals surface area (Å²) in [5.41, 5.74) is -0.0595. The molecular weight excluding hydrogens is 338 g/mol. The molecule has 0 aliphatic carbocycles. The van der Waals surface area contributed by atoms with Crippen LogP contribution in [-0.4, -0.2) is 26.6 Å². The Bertz CT molecular complexity index is 856. The van der Waals surface area contributed by atoms with E-state index in [1.165, 1.54) is 43.3 Å². The van der Waals surface area contributed by atoms with Gasteiger partial charge in [0.2, 0.25) is 15.9 Å². The number of halogens is 2. The highest BCUT2D eigenvalue weighted by Crippen LogP contribution is 2.24. The fourth-order valence-electron chi connectivity index (χ4n) is 2.22. The SMILES string of the molecule is CC(C(=O)Nc1cccc(F)c1)N(c1ccccc1F)S(C)(=O)=O. The van der Waals surface area contributed by atoms with Gasteiger partial charge in [-0.1, -0.05) is 18.2 Å². The number of hydrogen-bond acceptors (Lipinski definition) is 3. The lowest BCUT2D eigenvalue weighted by Gasteiger charge is -2.28. The van der Waals surface area contributed by atoms with Crippen molar-refractivity contribution in [3.8, 4) is 0 Å². The number of anilines is 2. The van der Waals surface area contributed by atoms with Crippen molar-refractivity contribution < 1.29 is 22.0 Å². The minimum atomic E-state index is -3.93. The van der Waals surface area contributed by atoms with Crippen molar-refractivity contribution in [3.63, 3.8) is 0 Å². The Hall–Kier alpha value is -2.48. The maximum absolute atomic E-state index is 14.0. The largest absolute Gasteiger partial charge is 0.324 e. The van der Waals surface area contributed by atoms with Gasteiger partial charge in [-0.25, -0.2) is 17.2 Å². The Kier molecular flexibility index (Phi) is 5.18. The van der Waals surface area contributed by atoms with Crippen molar-refractivity contribution in [2.75, 3.05) is 15.9 Å². The van der Waals surface area contributed by atoms with Crippen LogP contribution in [0.2, 0.25) is 0 Å². The molecule has 1 atom stereocenters. The van der Waals surface area contributed by atoms with Gasteiger partial charge in [0.05, 0.1) is 11.9 Å². The molecule has 0 aromatic heterocycles. The summed E-state index contributed by atoms with van der Waals surface area (Å²) in [7, 11) is -3.93. The third-order valence-electron chi connectivity index (χ3n) is 3.27. The van der Waals surface area contributed by atoms with Crippen LogP contribution in [0.15, 0.2) is 48.5 Å². The molecule has 1 N–H and O–H groups in total. The Morgan fingerprint density at radius 2 is 1.79 bits per heavy atom. The highest BCUT2D eigenvalue weighted by molar-refractivity contribution is 7.92. The first-order chi connectivity index (χ1) is 11.2. The summed E-state index contributed by atoms with van der Waals surface area (Å²) >= 11 is 0. The van der Waals surface area contributed by atoms with E-state index in [0.717, 1.165) is 18.4 Å². The van der Waals surface area contributed by atoms with Crippen LogP contribution in [0.3, 0.4) is 0 Å².